The highest BCUT2D eigenvalue weighted by Gasteiger charge is 2.45. The van der Waals surface area contributed by atoms with Crippen LogP contribution in [0.2, 0.25) is 0 Å². The van der Waals surface area contributed by atoms with Gasteiger partial charge in [-0.1, -0.05) is 36.4 Å². The fraction of sp³-hybridized carbons (Fsp3) is 0.167. The third-order valence-corrected chi connectivity index (χ3v) is 3.76. The summed E-state index contributed by atoms with van der Waals surface area (Å²) in [5.74, 6) is -3.67. The molecular formula is C18H11F3O7. The van der Waals surface area contributed by atoms with Crippen LogP contribution in [-0.4, -0.2) is 29.2 Å². The molecule has 0 aliphatic carbocycles. The highest BCUT2D eigenvalue weighted by Crippen LogP contribution is 2.33. The number of rotatable bonds is 1. The second-order valence-electron chi connectivity index (χ2n) is 5.57. The molecule has 2 heterocycles. The van der Waals surface area contributed by atoms with E-state index in [2.05, 4.69) is 14.2 Å². The van der Waals surface area contributed by atoms with Crippen molar-refractivity contribution in [3.05, 3.63) is 70.8 Å². The molecule has 0 aromatic heterocycles. The van der Waals surface area contributed by atoms with Crippen LogP contribution < -0.4 is 0 Å². The second kappa shape index (κ2) is 7.31. The average molecular weight is 396 g/mol. The minimum absolute atomic E-state index is 0.0903. The van der Waals surface area contributed by atoms with Gasteiger partial charge in [0.05, 0.1) is 11.1 Å². The lowest BCUT2D eigenvalue weighted by molar-refractivity contribution is -0.219. The molecule has 2 atom stereocenters. The number of aliphatic hydroxyl groups excluding tert-OH is 1. The standard InChI is InChI=1S/C10H5F3O4.C8H6O3/c11-10(12,13)9(15)17-8-6-4-2-1-3-5(6)7(14)16-8;9-7-5-3-1-2-4-6(5)8(10)11-7/h1-4,8H;1-4,7,9H. The van der Waals surface area contributed by atoms with Gasteiger partial charge in [0.2, 0.25) is 6.29 Å². The van der Waals surface area contributed by atoms with E-state index in [9.17, 15) is 27.6 Å². The molecule has 1 N–H and O–H groups in total. The first-order chi connectivity index (χ1) is 13.2. The number of carbonyl (C=O) groups is 3. The zero-order valence-electron chi connectivity index (χ0n) is 13.8. The maximum Gasteiger partial charge on any atom is 0.491 e. The number of hydrogen-bond acceptors (Lipinski definition) is 7. The average Bonchev–Trinajstić information content (AvgIpc) is 3.12. The van der Waals surface area contributed by atoms with Crippen LogP contribution in [0.3, 0.4) is 0 Å². The molecule has 10 heteroatoms. The Morgan fingerprint density at radius 3 is 1.96 bits per heavy atom. The Morgan fingerprint density at radius 1 is 0.893 bits per heavy atom. The van der Waals surface area contributed by atoms with E-state index in [0.29, 0.717) is 11.1 Å². The summed E-state index contributed by atoms with van der Waals surface area (Å²) in [4.78, 5) is 32.7. The third-order valence-electron chi connectivity index (χ3n) is 3.76. The molecule has 2 aromatic carbocycles. The van der Waals surface area contributed by atoms with E-state index in [-0.39, 0.29) is 11.1 Å². The van der Waals surface area contributed by atoms with E-state index >= 15 is 0 Å². The van der Waals surface area contributed by atoms with Gasteiger partial charge in [-0.2, -0.15) is 13.2 Å². The van der Waals surface area contributed by atoms with Crippen LogP contribution in [0.1, 0.15) is 44.4 Å². The molecule has 2 unspecified atom stereocenters. The van der Waals surface area contributed by atoms with Crippen LogP contribution >= 0.6 is 0 Å². The van der Waals surface area contributed by atoms with Crippen molar-refractivity contribution >= 4 is 17.9 Å². The lowest BCUT2D eigenvalue weighted by Gasteiger charge is -2.12. The van der Waals surface area contributed by atoms with E-state index in [1.807, 2.05) is 0 Å². The number of fused-ring (bicyclic) bond motifs is 2. The third kappa shape index (κ3) is 3.81. The van der Waals surface area contributed by atoms with Gasteiger partial charge in [-0.3, -0.25) is 0 Å². The van der Waals surface area contributed by atoms with Crippen LogP contribution in [-0.2, 0) is 19.0 Å². The Hall–Kier alpha value is -3.40. The highest BCUT2D eigenvalue weighted by molar-refractivity contribution is 5.94. The van der Waals surface area contributed by atoms with Gasteiger partial charge >= 0.3 is 24.1 Å². The monoisotopic (exact) mass is 396 g/mol. The first kappa shape index (κ1) is 19.4. The Balaban J connectivity index is 0.000000176. The van der Waals surface area contributed by atoms with Crippen molar-refractivity contribution in [1.82, 2.24) is 0 Å². The minimum atomic E-state index is -5.12. The van der Waals surface area contributed by atoms with Crippen molar-refractivity contribution in [2.45, 2.75) is 18.8 Å². The number of alkyl halides is 3. The second-order valence-corrected chi connectivity index (χ2v) is 5.57. The number of benzene rings is 2. The quantitative estimate of drug-likeness (QED) is 0.740. The van der Waals surface area contributed by atoms with E-state index in [1.165, 1.54) is 24.3 Å². The van der Waals surface area contributed by atoms with Crippen molar-refractivity contribution < 1.29 is 46.9 Å². The van der Waals surface area contributed by atoms with Crippen LogP contribution in [0.4, 0.5) is 13.2 Å². The Bertz CT molecular complexity index is 939. The normalized spacial score (nSPS) is 19.6. The van der Waals surface area contributed by atoms with Crippen molar-refractivity contribution in [3.63, 3.8) is 0 Å². The molecule has 7 nitrogen and oxygen atoms in total. The van der Waals surface area contributed by atoms with E-state index in [4.69, 9.17) is 5.11 Å². The molecule has 0 saturated heterocycles. The zero-order chi connectivity index (χ0) is 20.5. The van der Waals surface area contributed by atoms with Crippen LogP contribution in [0.25, 0.3) is 0 Å². The fourth-order valence-electron chi connectivity index (χ4n) is 2.49. The van der Waals surface area contributed by atoms with Gasteiger partial charge in [0.1, 0.15) is 0 Å². The molecule has 28 heavy (non-hydrogen) atoms. The van der Waals surface area contributed by atoms with Crippen molar-refractivity contribution in [2.75, 3.05) is 0 Å². The molecule has 0 saturated carbocycles. The summed E-state index contributed by atoms with van der Waals surface area (Å²) < 4.78 is 49.0. The van der Waals surface area contributed by atoms with Gasteiger partial charge in [-0.15, -0.1) is 0 Å². The molecule has 4 rings (SSSR count). The molecule has 0 radical (unpaired) electrons. The van der Waals surface area contributed by atoms with Crippen LogP contribution in [0.15, 0.2) is 48.5 Å². The molecule has 2 aliphatic heterocycles. The maximum atomic E-state index is 12.0. The predicted molar refractivity (Wildman–Crippen MR) is 83.6 cm³/mol. The minimum Gasteiger partial charge on any atom is -0.428 e. The smallest absolute Gasteiger partial charge is 0.428 e. The number of halogens is 3. The fourth-order valence-corrected chi connectivity index (χ4v) is 2.49. The Kier molecular flexibility index (Phi) is 5.06. The molecule has 0 amide bonds. The number of aliphatic hydroxyl groups is 1. The number of esters is 3. The van der Waals surface area contributed by atoms with Gasteiger partial charge in [-0.25, -0.2) is 14.4 Å². The summed E-state index contributed by atoms with van der Waals surface area (Å²) in [6.45, 7) is 0. The first-order valence-electron chi connectivity index (χ1n) is 7.74. The summed E-state index contributed by atoms with van der Waals surface area (Å²) in [5.41, 5.74) is 1.21. The first-order valence-corrected chi connectivity index (χ1v) is 7.74. The molecular weight excluding hydrogens is 385 g/mol. The zero-order valence-corrected chi connectivity index (χ0v) is 13.8. The molecule has 146 valence electrons. The van der Waals surface area contributed by atoms with Crippen molar-refractivity contribution in [1.29, 1.82) is 0 Å². The van der Waals surface area contributed by atoms with Crippen molar-refractivity contribution in [2.24, 2.45) is 0 Å². The number of ether oxygens (including phenoxy) is 3. The number of cyclic esters (lactones) is 2. The molecule has 2 aromatic rings. The van der Waals surface area contributed by atoms with Gasteiger partial charge in [0, 0.05) is 11.1 Å². The van der Waals surface area contributed by atoms with Gasteiger partial charge in [0.15, 0.2) is 0 Å². The van der Waals surface area contributed by atoms with Gasteiger partial charge in [-0.05, 0) is 12.1 Å². The number of carbonyl (C=O) groups excluding carboxylic acids is 3. The maximum absolute atomic E-state index is 12.0. The van der Waals surface area contributed by atoms with Crippen molar-refractivity contribution in [3.8, 4) is 0 Å². The molecule has 0 fully saturated rings. The Morgan fingerprint density at radius 2 is 1.39 bits per heavy atom. The predicted octanol–water partition coefficient (Wildman–Crippen LogP) is 2.81. The van der Waals surface area contributed by atoms with Gasteiger partial charge in [0.25, 0.3) is 6.29 Å². The van der Waals surface area contributed by atoms with E-state index in [1.54, 1.807) is 24.3 Å². The topological polar surface area (TPSA) is 99.1 Å². The van der Waals surface area contributed by atoms with E-state index in [0.717, 1.165) is 0 Å². The summed E-state index contributed by atoms with van der Waals surface area (Å²) in [5, 5.41) is 9.11. The summed E-state index contributed by atoms with van der Waals surface area (Å²) in [6.07, 6.45) is -7.82. The largest absolute Gasteiger partial charge is 0.491 e. The lowest BCUT2D eigenvalue weighted by atomic mass is 10.1. The van der Waals surface area contributed by atoms with E-state index < -0.39 is 36.7 Å². The summed E-state index contributed by atoms with van der Waals surface area (Å²) in [6, 6.07) is 12.5. The highest BCUT2D eigenvalue weighted by atomic mass is 19.4. The number of hydrogen-bond donors (Lipinski definition) is 1. The van der Waals surface area contributed by atoms with Gasteiger partial charge < -0.3 is 19.3 Å². The van der Waals surface area contributed by atoms with Crippen LogP contribution in [0, 0.1) is 0 Å². The SMILES string of the molecule is O=C1OC(O)c2ccccc21.O=C1OC(OC(=O)C(F)(F)F)c2ccccc21. The molecule has 0 bridgehead atoms. The lowest BCUT2D eigenvalue weighted by Crippen LogP contribution is -2.27. The Labute approximate surface area is 155 Å². The molecule has 2 aliphatic rings. The van der Waals surface area contributed by atoms with Crippen LogP contribution in [0.5, 0.6) is 0 Å². The summed E-state index contributed by atoms with van der Waals surface area (Å²) in [7, 11) is 0. The molecule has 0 spiro atoms. The summed E-state index contributed by atoms with van der Waals surface area (Å²) >= 11 is 0.